The summed E-state index contributed by atoms with van der Waals surface area (Å²) in [5.74, 6) is 0.151. The van der Waals surface area contributed by atoms with E-state index in [1.165, 1.54) is 11.3 Å². The van der Waals surface area contributed by atoms with Crippen LogP contribution in [-0.2, 0) is 0 Å². The predicted molar refractivity (Wildman–Crippen MR) is 105 cm³/mol. The van der Waals surface area contributed by atoms with E-state index in [1.807, 2.05) is 11.4 Å². The number of nitrogens with one attached hydrogen (secondary N) is 1. The van der Waals surface area contributed by atoms with Gasteiger partial charge in [0.1, 0.15) is 5.75 Å². The van der Waals surface area contributed by atoms with Crippen molar-refractivity contribution in [1.82, 2.24) is 0 Å². The molecule has 6 heteroatoms. The average Bonchev–Trinajstić information content (AvgIpc) is 3.16. The van der Waals surface area contributed by atoms with E-state index in [9.17, 15) is 9.59 Å². The van der Waals surface area contributed by atoms with Crippen LogP contribution in [0.5, 0.6) is 5.75 Å². The van der Waals surface area contributed by atoms with Crippen molar-refractivity contribution in [2.75, 3.05) is 5.32 Å². The largest absolute Gasteiger partial charge is 0.482 e. The number of carbonyl (C=O) groups is 2. The Kier molecular flexibility index (Phi) is 5.71. The number of ketones is 1. The molecule has 2 aromatic carbocycles. The molecule has 0 bridgehead atoms. The number of thiophene rings is 1. The normalized spacial score (nSPS) is 11.6. The van der Waals surface area contributed by atoms with Gasteiger partial charge in [0, 0.05) is 22.3 Å². The predicted octanol–water partition coefficient (Wildman–Crippen LogP) is 5.30. The van der Waals surface area contributed by atoms with Crippen LogP contribution in [0.3, 0.4) is 0 Å². The summed E-state index contributed by atoms with van der Waals surface area (Å²) in [7, 11) is 0. The van der Waals surface area contributed by atoms with E-state index in [0.29, 0.717) is 26.9 Å². The highest BCUT2D eigenvalue weighted by Gasteiger charge is 2.17. The molecule has 0 aliphatic heterocycles. The van der Waals surface area contributed by atoms with Gasteiger partial charge in [-0.15, -0.1) is 11.3 Å². The lowest BCUT2D eigenvalue weighted by Gasteiger charge is -2.15. The zero-order valence-corrected chi connectivity index (χ0v) is 15.5. The summed E-state index contributed by atoms with van der Waals surface area (Å²) < 4.78 is 5.74. The summed E-state index contributed by atoms with van der Waals surface area (Å²) in [5.41, 5.74) is 1.09. The van der Waals surface area contributed by atoms with Gasteiger partial charge in [0.05, 0.1) is 4.88 Å². The van der Waals surface area contributed by atoms with Gasteiger partial charge in [-0.1, -0.05) is 35.9 Å². The number of carbonyl (C=O) groups excluding carboxylic acids is 2. The Balaban J connectivity index is 1.68. The molecule has 1 N–H and O–H groups in total. The minimum absolute atomic E-state index is 0.166. The molecular weight excluding hydrogens is 370 g/mol. The minimum atomic E-state index is -0.684. The molecule has 1 atom stereocenters. The van der Waals surface area contributed by atoms with Gasteiger partial charge < -0.3 is 10.1 Å². The highest BCUT2D eigenvalue weighted by Crippen LogP contribution is 2.21. The first-order chi connectivity index (χ1) is 12.5. The molecule has 1 heterocycles. The summed E-state index contributed by atoms with van der Waals surface area (Å²) in [5, 5.41) is 5.16. The summed E-state index contributed by atoms with van der Waals surface area (Å²) in [6, 6.07) is 17.3. The number of Topliss-reactive ketones (excluding diaryl/α,β-unsaturated/α-hetero) is 1. The highest BCUT2D eigenvalue weighted by atomic mass is 35.5. The van der Waals surface area contributed by atoms with E-state index in [4.69, 9.17) is 16.3 Å². The molecule has 0 fully saturated rings. The van der Waals surface area contributed by atoms with Crippen LogP contribution in [0.1, 0.15) is 27.0 Å². The lowest BCUT2D eigenvalue weighted by molar-refractivity contribution is 0.0818. The zero-order chi connectivity index (χ0) is 18.5. The molecule has 1 amide bonds. The molecule has 0 radical (unpaired) electrons. The third kappa shape index (κ3) is 4.50. The first-order valence-electron chi connectivity index (χ1n) is 7.94. The van der Waals surface area contributed by atoms with Gasteiger partial charge in [0.15, 0.2) is 6.10 Å². The van der Waals surface area contributed by atoms with Crippen molar-refractivity contribution in [2.45, 2.75) is 13.0 Å². The van der Waals surface area contributed by atoms with E-state index in [2.05, 4.69) is 5.32 Å². The second kappa shape index (κ2) is 8.17. The van der Waals surface area contributed by atoms with Crippen molar-refractivity contribution >= 4 is 40.3 Å². The first-order valence-corrected chi connectivity index (χ1v) is 9.20. The summed E-state index contributed by atoms with van der Waals surface area (Å²) >= 11 is 7.30. The molecule has 0 aliphatic carbocycles. The summed E-state index contributed by atoms with van der Waals surface area (Å²) in [6.07, 6.45) is -0.684. The van der Waals surface area contributed by atoms with Crippen molar-refractivity contribution in [2.24, 2.45) is 0 Å². The highest BCUT2D eigenvalue weighted by molar-refractivity contribution is 7.12. The molecule has 0 saturated heterocycles. The molecule has 132 valence electrons. The fourth-order valence-electron chi connectivity index (χ4n) is 2.38. The molecule has 0 unspecified atom stereocenters. The smallest absolute Gasteiger partial charge is 0.265 e. The van der Waals surface area contributed by atoms with Crippen LogP contribution < -0.4 is 10.1 Å². The van der Waals surface area contributed by atoms with Crippen LogP contribution in [0.4, 0.5) is 5.69 Å². The van der Waals surface area contributed by atoms with Crippen LogP contribution >= 0.6 is 22.9 Å². The molecule has 1 aromatic heterocycles. The Labute approximate surface area is 160 Å². The van der Waals surface area contributed by atoms with Crippen LogP contribution in [0.2, 0.25) is 5.02 Å². The number of amides is 1. The standard InChI is InChI=1S/C20H16ClNO3S/c1-13(19(23)14-5-2-6-15(21)11-14)25-17-8-3-7-16(12-17)22-20(24)18-9-4-10-26-18/h2-13H,1H3,(H,22,24)/t13-/m0/s1. The number of halogens is 1. The zero-order valence-electron chi connectivity index (χ0n) is 13.9. The number of anilines is 1. The first kappa shape index (κ1) is 18.2. The van der Waals surface area contributed by atoms with Gasteiger partial charge in [-0.25, -0.2) is 0 Å². The van der Waals surface area contributed by atoms with Crippen molar-refractivity contribution in [3.63, 3.8) is 0 Å². The van der Waals surface area contributed by atoms with E-state index >= 15 is 0 Å². The van der Waals surface area contributed by atoms with Crippen molar-refractivity contribution in [3.8, 4) is 5.75 Å². The number of ether oxygens (including phenoxy) is 1. The van der Waals surface area contributed by atoms with Crippen molar-refractivity contribution < 1.29 is 14.3 Å². The third-order valence-electron chi connectivity index (χ3n) is 3.63. The van der Waals surface area contributed by atoms with Crippen LogP contribution in [0.15, 0.2) is 66.0 Å². The van der Waals surface area contributed by atoms with Gasteiger partial charge in [-0.2, -0.15) is 0 Å². The number of hydrogen-bond acceptors (Lipinski definition) is 4. The number of rotatable bonds is 6. The molecule has 0 saturated carbocycles. The van der Waals surface area contributed by atoms with E-state index < -0.39 is 6.10 Å². The van der Waals surface area contributed by atoms with Gasteiger partial charge in [-0.05, 0) is 42.6 Å². The van der Waals surface area contributed by atoms with Gasteiger partial charge >= 0.3 is 0 Å². The van der Waals surface area contributed by atoms with Gasteiger partial charge in [0.25, 0.3) is 5.91 Å². The average molecular weight is 386 g/mol. The Morgan fingerprint density at radius 3 is 2.62 bits per heavy atom. The Morgan fingerprint density at radius 2 is 1.88 bits per heavy atom. The second-order valence-corrected chi connectivity index (χ2v) is 6.98. The quantitative estimate of drug-likeness (QED) is 0.585. The lowest BCUT2D eigenvalue weighted by Crippen LogP contribution is -2.24. The van der Waals surface area contributed by atoms with Crippen LogP contribution in [0.25, 0.3) is 0 Å². The second-order valence-electron chi connectivity index (χ2n) is 5.59. The van der Waals surface area contributed by atoms with E-state index in [-0.39, 0.29) is 11.7 Å². The van der Waals surface area contributed by atoms with Crippen LogP contribution in [0, 0.1) is 0 Å². The summed E-state index contributed by atoms with van der Waals surface area (Å²) in [4.78, 5) is 25.2. The topological polar surface area (TPSA) is 55.4 Å². The molecule has 3 rings (SSSR count). The maximum atomic E-state index is 12.5. The van der Waals surface area contributed by atoms with E-state index in [1.54, 1.807) is 61.5 Å². The van der Waals surface area contributed by atoms with Crippen molar-refractivity contribution in [3.05, 3.63) is 81.5 Å². The number of benzene rings is 2. The number of hydrogen-bond donors (Lipinski definition) is 1. The van der Waals surface area contributed by atoms with E-state index in [0.717, 1.165) is 0 Å². The Hall–Kier alpha value is -2.63. The SMILES string of the molecule is C[C@H](Oc1cccc(NC(=O)c2cccs2)c1)C(=O)c1cccc(Cl)c1. The minimum Gasteiger partial charge on any atom is -0.482 e. The monoisotopic (exact) mass is 385 g/mol. The molecule has 0 spiro atoms. The van der Waals surface area contributed by atoms with Gasteiger partial charge in [-0.3, -0.25) is 9.59 Å². The van der Waals surface area contributed by atoms with Crippen molar-refractivity contribution in [1.29, 1.82) is 0 Å². The fourth-order valence-corrected chi connectivity index (χ4v) is 3.19. The maximum absolute atomic E-state index is 12.5. The Bertz CT molecular complexity index is 924. The maximum Gasteiger partial charge on any atom is 0.265 e. The Morgan fingerprint density at radius 1 is 1.08 bits per heavy atom. The van der Waals surface area contributed by atoms with Crippen LogP contribution in [-0.4, -0.2) is 17.8 Å². The molecule has 4 nitrogen and oxygen atoms in total. The molecule has 26 heavy (non-hydrogen) atoms. The van der Waals surface area contributed by atoms with Gasteiger partial charge in [0.2, 0.25) is 5.78 Å². The third-order valence-corrected chi connectivity index (χ3v) is 4.73. The fraction of sp³-hybridized carbons (Fsp3) is 0.100. The lowest BCUT2D eigenvalue weighted by atomic mass is 10.1. The molecular formula is C20H16ClNO3S. The molecule has 3 aromatic rings. The molecule has 0 aliphatic rings. The summed E-state index contributed by atoms with van der Waals surface area (Å²) in [6.45, 7) is 1.68.